The van der Waals surface area contributed by atoms with Gasteiger partial charge in [0.05, 0.1) is 18.1 Å². The number of nitrogens with zero attached hydrogens (tertiary/aromatic N) is 3. The molecule has 2 N–H and O–H groups in total. The second-order valence-corrected chi connectivity index (χ2v) is 5.54. The lowest BCUT2D eigenvalue weighted by Crippen LogP contribution is -2.47. The van der Waals surface area contributed by atoms with Gasteiger partial charge in [-0.3, -0.25) is 9.48 Å². The number of rotatable bonds is 3. The molecule has 3 heterocycles. The van der Waals surface area contributed by atoms with Crippen LogP contribution in [-0.4, -0.2) is 45.8 Å². The fourth-order valence-electron chi connectivity index (χ4n) is 2.62. The van der Waals surface area contributed by atoms with Gasteiger partial charge in [-0.1, -0.05) is 0 Å². The molecule has 8 heteroatoms. The smallest absolute Gasteiger partial charge is 0.319 e. The van der Waals surface area contributed by atoms with Gasteiger partial charge in [0.2, 0.25) is 0 Å². The predicted molar refractivity (Wildman–Crippen MR) is 83.0 cm³/mol. The van der Waals surface area contributed by atoms with Gasteiger partial charge in [-0.25, -0.2) is 4.79 Å². The molecule has 23 heavy (non-hydrogen) atoms. The van der Waals surface area contributed by atoms with E-state index in [1.165, 1.54) is 6.26 Å². The van der Waals surface area contributed by atoms with Gasteiger partial charge in [0.1, 0.15) is 0 Å². The predicted octanol–water partition coefficient (Wildman–Crippen LogP) is 1.44. The standard InChI is InChI=1S/C15H19N5O3/c1-19-10-12(9-16-19)18-15(22)17-11-4-6-20(7-5-11)14(21)13-3-2-8-23-13/h2-3,8-11H,4-7H2,1H3,(H2,17,18,22). The molecule has 0 unspecified atom stereocenters. The van der Waals surface area contributed by atoms with Crippen molar-refractivity contribution in [2.45, 2.75) is 18.9 Å². The van der Waals surface area contributed by atoms with Crippen LogP contribution in [0.5, 0.6) is 0 Å². The van der Waals surface area contributed by atoms with Crippen LogP contribution >= 0.6 is 0 Å². The van der Waals surface area contributed by atoms with E-state index < -0.39 is 0 Å². The Hall–Kier alpha value is -2.77. The summed E-state index contributed by atoms with van der Waals surface area (Å²) in [5.74, 6) is 0.249. The molecule has 0 atom stereocenters. The molecule has 1 aliphatic rings. The highest BCUT2D eigenvalue weighted by molar-refractivity contribution is 5.91. The Morgan fingerprint density at radius 3 is 2.74 bits per heavy atom. The summed E-state index contributed by atoms with van der Waals surface area (Å²) in [5.41, 5.74) is 0.649. The molecule has 0 saturated carbocycles. The van der Waals surface area contributed by atoms with Crippen molar-refractivity contribution < 1.29 is 14.0 Å². The van der Waals surface area contributed by atoms with Gasteiger partial charge in [-0.05, 0) is 25.0 Å². The topological polar surface area (TPSA) is 92.4 Å². The van der Waals surface area contributed by atoms with Crippen molar-refractivity contribution in [3.63, 3.8) is 0 Å². The third-order valence-corrected chi connectivity index (χ3v) is 3.81. The maximum absolute atomic E-state index is 12.2. The Kier molecular flexibility index (Phi) is 4.31. The maximum atomic E-state index is 12.2. The van der Waals surface area contributed by atoms with Gasteiger partial charge < -0.3 is 20.0 Å². The zero-order chi connectivity index (χ0) is 16.2. The lowest BCUT2D eigenvalue weighted by Gasteiger charge is -2.31. The van der Waals surface area contributed by atoms with E-state index in [9.17, 15) is 9.59 Å². The summed E-state index contributed by atoms with van der Waals surface area (Å²) in [4.78, 5) is 25.8. The number of nitrogens with one attached hydrogen (secondary N) is 2. The Bertz CT molecular complexity index is 671. The minimum atomic E-state index is -0.256. The highest BCUT2D eigenvalue weighted by Gasteiger charge is 2.25. The number of carbonyl (C=O) groups excluding carboxylic acids is 2. The molecule has 0 bridgehead atoms. The van der Waals surface area contributed by atoms with Crippen molar-refractivity contribution in [3.8, 4) is 0 Å². The summed E-state index contributed by atoms with van der Waals surface area (Å²) in [5, 5.41) is 9.65. The Morgan fingerprint density at radius 2 is 2.13 bits per heavy atom. The number of carbonyl (C=O) groups is 2. The summed E-state index contributed by atoms with van der Waals surface area (Å²) in [7, 11) is 1.79. The van der Waals surface area contributed by atoms with E-state index in [0.29, 0.717) is 37.4 Å². The fraction of sp³-hybridized carbons (Fsp3) is 0.400. The van der Waals surface area contributed by atoms with Crippen molar-refractivity contribution in [2.24, 2.45) is 7.05 Å². The molecule has 0 aromatic carbocycles. The molecule has 3 amide bonds. The van der Waals surface area contributed by atoms with Crippen molar-refractivity contribution in [3.05, 3.63) is 36.5 Å². The Balaban J connectivity index is 1.45. The number of aromatic nitrogens is 2. The van der Waals surface area contributed by atoms with E-state index in [0.717, 1.165) is 0 Å². The van der Waals surface area contributed by atoms with E-state index in [2.05, 4.69) is 15.7 Å². The summed E-state index contributed by atoms with van der Waals surface area (Å²) < 4.78 is 6.75. The summed E-state index contributed by atoms with van der Waals surface area (Å²) in [6, 6.07) is 3.15. The first kappa shape index (κ1) is 15.1. The molecule has 0 aliphatic carbocycles. The maximum Gasteiger partial charge on any atom is 0.319 e. The van der Waals surface area contributed by atoms with Crippen molar-refractivity contribution in [1.29, 1.82) is 0 Å². The number of piperidine rings is 1. The molecule has 1 fully saturated rings. The van der Waals surface area contributed by atoms with Crippen LogP contribution in [-0.2, 0) is 7.05 Å². The monoisotopic (exact) mass is 317 g/mol. The van der Waals surface area contributed by atoms with Gasteiger partial charge in [0.15, 0.2) is 5.76 Å². The first-order valence-corrected chi connectivity index (χ1v) is 7.51. The van der Waals surface area contributed by atoms with Crippen LogP contribution in [0.4, 0.5) is 10.5 Å². The minimum Gasteiger partial charge on any atom is -0.459 e. The first-order chi connectivity index (χ1) is 11.1. The van der Waals surface area contributed by atoms with E-state index in [-0.39, 0.29) is 18.0 Å². The zero-order valence-electron chi connectivity index (χ0n) is 12.9. The quantitative estimate of drug-likeness (QED) is 0.896. The molecule has 1 saturated heterocycles. The SMILES string of the molecule is Cn1cc(NC(=O)NC2CCN(C(=O)c3ccco3)CC2)cn1. The normalized spacial score (nSPS) is 15.4. The number of furan rings is 1. The summed E-state index contributed by atoms with van der Waals surface area (Å²) >= 11 is 0. The second-order valence-electron chi connectivity index (χ2n) is 5.54. The van der Waals surface area contributed by atoms with Gasteiger partial charge in [-0.2, -0.15) is 5.10 Å². The average Bonchev–Trinajstić information content (AvgIpc) is 3.19. The second kappa shape index (κ2) is 6.55. The minimum absolute atomic E-state index is 0.0484. The van der Waals surface area contributed by atoms with Crippen molar-refractivity contribution in [2.75, 3.05) is 18.4 Å². The molecular formula is C15H19N5O3. The van der Waals surface area contributed by atoms with E-state index in [4.69, 9.17) is 4.42 Å². The highest BCUT2D eigenvalue weighted by Crippen LogP contribution is 2.14. The number of amides is 3. The number of aryl methyl sites for hydroxylation is 1. The number of hydrogen-bond donors (Lipinski definition) is 2. The van der Waals surface area contributed by atoms with Gasteiger partial charge in [-0.15, -0.1) is 0 Å². The molecule has 8 nitrogen and oxygen atoms in total. The van der Waals surface area contributed by atoms with Crippen LogP contribution in [0.25, 0.3) is 0 Å². The lowest BCUT2D eigenvalue weighted by molar-refractivity contribution is 0.0676. The van der Waals surface area contributed by atoms with Crippen LogP contribution in [0.2, 0.25) is 0 Å². The van der Waals surface area contributed by atoms with Crippen LogP contribution in [0, 0.1) is 0 Å². The fourth-order valence-corrected chi connectivity index (χ4v) is 2.62. The van der Waals surface area contributed by atoms with Crippen LogP contribution in [0.3, 0.4) is 0 Å². The van der Waals surface area contributed by atoms with Gasteiger partial charge in [0, 0.05) is 32.4 Å². The first-order valence-electron chi connectivity index (χ1n) is 7.51. The molecule has 1 aliphatic heterocycles. The molecule has 0 radical (unpaired) electrons. The third kappa shape index (κ3) is 3.71. The number of likely N-dealkylation sites (tertiary alicyclic amines) is 1. The van der Waals surface area contributed by atoms with Crippen LogP contribution in [0.15, 0.2) is 35.2 Å². The lowest BCUT2D eigenvalue weighted by atomic mass is 10.0. The molecule has 122 valence electrons. The van der Waals surface area contributed by atoms with Crippen molar-refractivity contribution >= 4 is 17.6 Å². The molecular weight excluding hydrogens is 298 g/mol. The third-order valence-electron chi connectivity index (χ3n) is 3.81. The summed E-state index contributed by atoms with van der Waals surface area (Å²) in [6.45, 7) is 1.19. The van der Waals surface area contributed by atoms with Gasteiger partial charge in [0.25, 0.3) is 5.91 Å². The largest absolute Gasteiger partial charge is 0.459 e. The number of urea groups is 1. The Morgan fingerprint density at radius 1 is 1.35 bits per heavy atom. The van der Waals surface area contributed by atoms with Crippen LogP contribution < -0.4 is 10.6 Å². The number of hydrogen-bond acceptors (Lipinski definition) is 4. The highest BCUT2D eigenvalue weighted by atomic mass is 16.3. The average molecular weight is 317 g/mol. The van der Waals surface area contributed by atoms with E-state index in [1.54, 1.807) is 41.2 Å². The number of anilines is 1. The molecule has 0 spiro atoms. The molecule has 3 rings (SSSR count). The zero-order valence-corrected chi connectivity index (χ0v) is 12.9. The van der Waals surface area contributed by atoms with E-state index >= 15 is 0 Å². The van der Waals surface area contributed by atoms with Crippen LogP contribution in [0.1, 0.15) is 23.4 Å². The Labute approximate surface area is 133 Å². The molecule has 2 aromatic heterocycles. The van der Waals surface area contributed by atoms with Gasteiger partial charge >= 0.3 is 6.03 Å². The van der Waals surface area contributed by atoms with E-state index in [1.807, 2.05) is 0 Å². The summed E-state index contributed by atoms with van der Waals surface area (Å²) in [6.07, 6.45) is 6.23. The van der Waals surface area contributed by atoms with Crippen molar-refractivity contribution in [1.82, 2.24) is 20.0 Å². The molecule has 2 aromatic rings.